The fourth-order valence-electron chi connectivity index (χ4n) is 2.11. The molecule has 5 heteroatoms. The molecule has 1 aliphatic rings. The highest BCUT2D eigenvalue weighted by molar-refractivity contribution is 4.94. The first-order chi connectivity index (χ1) is 6.74. The lowest BCUT2D eigenvalue weighted by Crippen LogP contribution is -2.46. The number of aryl methyl sites for hydroxylation is 1. The van der Waals surface area contributed by atoms with E-state index in [9.17, 15) is 5.11 Å². The lowest BCUT2D eigenvalue weighted by atomic mass is 9.65. The highest BCUT2D eigenvalue weighted by atomic mass is 16.3. The van der Waals surface area contributed by atoms with Crippen LogP contribution in [0.4, 0.5) is 0 Å². The van der Waals surface area contributed by atoms with Gasteiger partial charge in [0, 0.05) is 6.54 Å². The molecular formula is C9H16N4O. The summed E-state index contributed by atoms with van der Waals surface area (Å²) in [6.45, 7) is 1.49. The predicted molar refractivity (Wildman–Crippen MR) is 51.4 cm³/mol. The van der Waals surface area contributed by atoms with E-state index in [1.807, 2.05) is 4.68 Å². The van der Waals surface area contributed by atoms with E-state index in [0.29, 0.717) is 6.54 Å². The van der Waals surface area contributed by atoms with E-state index in [1.165, 1.54) is 6.33 Å². The zero-order valence-corrected chi connectivity index (χ0v) is 8.13. The molecule has 1 aliphatic carbocycles. The molecule has 14 heavy (non-hydrogen) atoms. The van der Waals surface area contributed by atoms with Crippen LogP contribution in [0.5, 0.6) is 0 Å². The van der Waals surface area contributed by atoms with Crippen molar-refractivity contribution < 1.29 is 5.11 Å². The Morgan fingerprint density at radius 3 is 2.86 bits per heavy atom. The first kappa shape index (κ1) is 9.61. The molecule has 0 aliphatic heterocycles. The molecule has 0 amide bonds. The van der Waals surface area contributed by atoms with Crippen molar-refractivity contribution in [1.82, 2.24) is 14.8 Å². The Labute approximate surface area is 82.9 Å². The van der Waals surface area contributed by atoms with Crippen LogP contribution in [-0.4, -0.2) is 32.5 Å². The Hall–Kier alpha value is -0.940. The van der Waals surface area contributed by atoms with E-state index < -0.39 is 0 Å². The molecular weight excluding hydrogens is 180 g/mol. The van der Waals surface area contributed by atoms with Gasteiger partial charge in [0.2, 0.25) is 0 Å². The second-order valence-electron chi connectivity index (χ2n) is 4.17. The largest absolute Gasteiger partial charge is 0.393 e. The lowest BCUT2D eigenvalue weighted by Gasteiger charge is -2.44. The Morgan fingerprint density at radius 2 is 2.36 bits per heavy atom. The van der Waals surface area contributed by atoms with Crippen molar-refractivity contribution in [3.63, 3.8) is 0 Å². The third-order valence-corrected chi connectivity index (χ3v) is 3.11. The minimum Gasteiger partial charge on any atom is -0.393 e. The van der Waals surface area contributed by atoms with Gasteiger partial charge < -0.3 is 10.8 Å². The number of hydrogen-bond donors (Lipinski definition) is 2. The maximum atomic E-state index is 9.28. The van der Waals surface area contributed by atoms with Gasteiger partial charge >= 0.3 is 0 Å². The van der Waals surface area contributed by atoms with Gasteiger partial charge in [0.1, 0.15) is 12.7 Å². The molecule has 1 heterocycles. The predicted octanol–water partition coefficient (Wildman–Crippen LogP) is -0.232. The maximum Gasteiger partial charge on any atom is 0.137 e. The molecule has 0 radical (unpaired) electrons. The number of rotatable bonds is 4. The molecule has 0 bridgehead atoms. The number of aromatic nitrogens is 3. The number of aliphatic hydroxyl groups is 1. The van der Waals surface area contributed by atoms with E-state index >= 15 is 0 Å². The monoisotopic (exact) mass is 196 g/mol. The quantitative estimate of drug-likeness (QED) is 0.697. The Balaban J connectivity index is 1.85. The van der Waals surface area contributed by atoms with Crippen LogP contribution in [0.15, 0.2) is 12.7 Å². The van der Waals surface area contributed by atoms with E-state index in [2.05, 4.69) is 10.1 Å². The Bertz CT molecular complexity index is 279. The maximum absolute atomic E-state index is 9.28. The van der Waals surface area contributed by atoms with Crippen LogP contribution in [0.1, 0.15) is 19.3 Å². The number of nitrogens with zero attached hydrogens (tertiary/aromatic N) is 3. The standard InChI is InChI=1S/C9H16N4O/c10-5-9(3-8(14)4-9)1-2-13-7-11-6-12-13/h6-8,14H,1-5,10H2. The van der Waals surface area contributed by atoms with E-state index in [0.717, 1.165) is 25.8 Å². The Morgan fingerprint density at radius 1 is 1.57 bits per heavy atom. The molecule has 2 rings (SSSR count). The summed E-state index contributed by atoms with van der Waals surface area (Å²) < 4.78 is 1.81. The third kappa shape index (κ3) is 1.78. The highest BCUT2D eigenvalue weighted by Gasteiger charge is 2.41. The fourth-order valence-corrected chi connectivity index (χ4v) is 2.11. The van der Waals surface area contributed by atoms with Crippen LogP contribution in [0.3, 0.4) is 0 Å². The summed E-state index contributed by atoms with van der Waals surface area (Å²) in [4.78, 5) is 3.88. The van der Waals surface area contributed by atoms with Crippen molar-refractivity contribution in [3.05, 3.63) is 12.7 Å². The normalized spacial score (nSPS) is 31.4. The van der Waals surface area contributed by atoms with Crippen molar-refractivity contribution in [2.45, 2.75) is 31.9 Å². The molecule has 0 saturated heterocycles. The average Bonchev–Trinajstić information content (AvgIpc) is 2.63. The molecule has 0 atom stereocenters. The van der Waals surface area contributed by atoms with E-state index in [-0.39, 0.29) is 11.5 Å². The van der Waals surface area contributed by atoms with Crippen LogP contribution in [0, 0.1) is 5.41 Å². The average molecular weight is 196 g/mol. The van der Waals surface area contributed by atoms with Crippen molar-refractivity contribution in [2.24, 2.45) is 11.1 Å². The molecule has 1 fully saturated rings. The highest BCUT2D eigenvalue weighted by Crippen LogP contribution is 2.43. The van der Waals surface area contributed by atoms with Crippen molar-refractivity contribution in [3.8, 4) is 0 Å². The second kappa shape index (κ2) is 3.67. The molecule has 5 nitrogen and oxygen atoms in total. The molecule has 0 aromatic carbocycles. The first-order valence-electron chi connectivity index (χ1n) is 4.95. The summed E-state index contributed by atoms with van der Waals surface area (Å²) in [7, 11) is 0. The third-order valence-electron chi connectivity index (χ3n) is 3.11. The first-order valence-corrected chi connectivity index (χ1v) is 4.95. The van der Waals surface area contributed by atoms with Gasteiger partial charge in [-0.15, -0.1) is 0 Å². The van der Waals surface area contributed by atoms with Crippen LogP contribution in [0.2, 0.25) is 0 Å². The summed E-state index contributed by atoms with van der Waals surface area (Å²) in [5, 5.41) is 13.3. The van der Waals surface area contributed by atoms with Crippen molar-refractivity contribution >= 4 is 0 Å². The smallest absolute Gasteiger partial charge is 0.137 e. The minimum atomic E-state index is -0.144. The lowest BCUT2D eigenvalue weighted by molar-refractivity contribution is -0.0341. The van der Waals surface area contributed by atoms with Gasteiger partial charge in [-0.25, -0.2) is 4.98 Å². The molecule has 3 N–H and O–H groups in total. The number of aliphatic hydroxyl groups excluding tert-OH is 1. The van der Waals surface area contributed by atoms with Gasteiger partial charge in [0.15, 0.2) is 0 Å². The van der Waals surface area contributed by atoms with Gasteiger partial charge in [0.25, 0.3) is 0 Å². The van der Waals surface area contributed by atoms with Gasteiger partial charge in [-0.05, 0) is 31.2 Å². The molecule has 0 spiro atoms. The summed E-state index contributed by atoms with van der Waals surface area (Å²) in [5.74, 6) is 0. The SMILES string of the molecule is NCC1(CCn2cncn2)CC(O)C1. The van der Waals surface area contributed by atoms with Gasteiger partial charge in [-0.2, -0.15) is 5.10 Å². The van der Waals surface area contributed by atoms with Crippen molar-refractivity contribution in [2.75, 3.05) is 6.54 Å². The summed E-state index contributed by atoms with van der Waals surface area (Å²) in [5.41, 5.74) is 5.86. The van der Waals surface area contributed by atoms with E-state index in [1.54, 1.807) is 6.33 Å². The molecule has 0 unspecified atom stereocenters. The van der Waals surface area contributed by atoms with Crippen molar-refractivity contribution in [1.29, 1.82) is 0 Å². The van der Waals surface area contributed by atoms with Crippen LogP contribution < -0.4 is 5.73 Å². The number of nitrogens with two attached hydrogens (primary N) is 1. The summed E-state index contributed by atoms with van der Waals surface area (Å²) in [6, 6.07) is 0. The van der Waals surface area contributed by atoms with Crippen LogP contribution in [0.25, 0.3) is 0 Å². The summed E-state index contributed by atoms with van der Waals surface area (Å²) >= 11 is 0. The summed E-state index contributed by atoms with van der Waals surface area (Å²) in [6.07, 6.45) is 5.74. The zero-order valence-electron chi connectivity index (χ0n) is 8.13. The molecule has 1 aromatic rings. The van der Waals surface area contributed by atoms with Gasteiger partial charge in [0.05, 0.1) is 6.10 Å². The molecule has 1 aromatic heterocycles. The Kier molecular flexibility index (Phi) is 2.52. The van der Waals surface area contributed by atoms with Gasteiger partial charge in [-0.1, -0.05) is 0 Å². The fraction of sp³-hybridized carbons (Fsp3) is 0.778. The van der Waals surface area contributed by atoms with Crippen LogP contribution in [-0.2, 0) is 6.54 Å². The molecule has 78 valence electrons. The van der Waals surface area contributed by atoms with E-state index in [4.69, 9.17) is 5.73 Å². The topological polar surface area (TPSA) is 77.0 Å². The number of hydrogen-bond acceptors (Lipinski definition) is 4. The zero-order chi connectivity index (χ0) is 10.0. The molecule has 1 saturated carbocycles. The second-order valence-corrected chi connectivity index (χ2v) is 4.17. The van der Waals surface area contributed by atoms with Crippen LogP contribution >= 0.6 is 0 Å². The minimum absolute atomic E-state index is 0.144. The van der Waals surface area contributed by atoms with Gasteiger partial charge in [-0.3, -0.25) is 4.68 Å².